The predicted molar refractivity (Wildman–Crippen MR) is 98.2 cm³/mol. The van der Waals surface area contributed by atoms with Crippen molar-refractivity contribution in [2.24, 2.45) is 0 Å². The molecule has 1 aliphatic heterocycles. The van der Waals surface area contributed by atoms with E-state index in [1.165, 1.54) is 19.1 Å². The molecule has 0 fully saturated rings. The molecule has 2 aromatic carbocycles. The van der Waals surface area contributed by atoms with Crippen molar-refractivity contribution < 1.29 is 18.8 Å². The molecule has 0 bridgehead atoms. The molecule has 0 saturated carbocycles. The highest BCUT2D eigenvalue weighted by Gasteiger charge is 2.29. The number of carbonyl (C=O) groups excluding carboxylic acids is 1. The molecule has 0 N–H and O–H groups in total. The minimum Gasteiger partial charge on any atom is -0.453 e. The maximum absolute atomic E-state index is 14.2. The van der Waals surface area contributed by atoms with Gasteiger partial charge in [0.05, 0.1) is 21.1 Å². The van der Waals surface area contributed by atoms with Crippen LogP contribution in [0.25, 0.3) is 0 Å². The Bertz CT molecular complexity index is 903. The highest BCUT2D eigenvalue weighted by molar-refractivity contribution is 9.10. The fourth-order valence-corrected chi connectivity index (χ4v) is 3.61. The second-order valence-electron chi connectivity index (χ2n) is 6.12. The van der Waals surface area contributed by atoms with E-state index in [1.807, 2.05) is 13.0 Å². The lowest BCUT2D eigenvalue weighted by atomic mass is 9.95. The topological polar surface area (TPSA) is 72.7 Å². The van der Waals surface area contributed by atoms with Crippen molar-refractivity contribution in [3.05, 3.63) is 56.3 Å². The minimum absolute atomic E-state index is 0.0603. The van der Waals surface area contributed by atoms with E-state index < -0.39 is 10.7 Å². The Labute approximate surface area is 157 Å². The zero-order valence-corrected chi connectivity index (χ0v) is 15.7. The van der Waals surface area contributed by atoms with Gasteiger partial charge in [0.15, 0.2) is 11.6 Å². The number of nitrogens with zero attached hydrogens (tertiary/aromatic N) is 2. The summed E-state index contributed by atoms with van der Waals surface area (Å²) in [5.41, 5.74) is 1.18. The van der Waals surface area contributed by atoms with Gasteiger partial charge >= 0.3 is 0 Å². The molecule has 0 spiro atoms. The Morgan fingerprint density at radius 3 is 2.73 bits per heavy atom. The molecular weight excluding hydrogens is 407 g/mol. The van der Waals surface area contributed by atoms with Gasteiger partial charge in [-0.3, -0.25) is 14.9 Å². The third-order valence-electron chi connectivity index (χ3n) is 4.38. The molecule has 0 unspecified atom stereocenters. The molecule has 0 aliphatic carbocycles. The van der Waals surface area contributed by atoms with Crippen LogP contribution in [0, 0.1) is 15.9 Å². The van der Waals surface area contributed by atoms with Crippen LogP contribution in [0.4, 0.5) is 15.8 Å². The Morgan fingerprint density at radius 2 is 2.12 bits per heavy atom. The van der Waals surface area contributed by atoms with Gasteiger partial charge in [0, 0.05) is 24.6 Å². The first-order chi connectivity index (χ1) is 12.3. The van der Waals surface area contributed by atoms with Gasteiger partial charge in [-0.25, -0.2) is 4.39 Å². The fraction of sp³-hybridized carbons (Fsp3) is 0.278. The van der Waals surface area contributed by atoms with Crippen molar-refractivity contribution >= 4 is 33.2 Å². The van der Waals surface area contributed by atoms with E-state index in [2.05, 4.69) is 15.9 Å². The van der Waals surface area contributed by atoms with Crippen LogP contribution < -0.4 is 9.64 Å². The number of anilines is 1. The molecule has 0 radical (unpaired) electrons. The zero-order chi connectivity index (χ0) is 19.0. The van der Waals surface area contributed by atoms with Crippen LogP contribution in [0.1, 0.15) is 25.8 Å². The lowest BCUT2D eigenvalue weighted by molar-refractivity contribution is -0.385. The van der Waals surface area contributed by atoms with Crippen LogP contribution in [-0.4, -0.2) is 16.9 Å². The SMILES string of the molecule is CC(=O)N1c2ccc(Br)c(Oc3ccc([N+](=O)[O-])cc3F)c2CC[C@@H]1C. The van der Waals surface area contributed by atoms with Gasteiger partial charge < -0.3 is 9.64 Å². The third kappa shape index (κ3) is 3.29. The quantitative estimate of drug-likeness (QED) is 0.516. The number of ether oxygens (including phenoxy) is 1. The van der Waals surface area contributed by atoms with E-state index in [1.54, 1.807) is 11.0 Å². The second kappa shape index (κ2) is 7.03. The molecule has 1 atom stereocenters. The summed E-state index contributed by atoms with van der Waals surface area (Å²) in [7, 11) is 0. The second-order valence-corrected chi connectivity index (χ2v) is 6.98. The van der Waals surface area contributed by atoms with Crippen LogP contribution >= 0.6 is 15.9 Å². The maximum atomic E-state index is 14.2. The highest BCUT2D eigenvalue weighted by Crippen LogP contribution is 2.43. The third-order valence-corrected chi connectivity index (χ3v) is 5.00. The summed E-state index contributed by atoms with van der Waals surface area (Å²) in [5.74, 6) is -0.601. The molecule has 8 heteroatoms. The summed E-state index contributed by atoms with van der Waals surface area (Å²) in [4.78, 5) is 23.8. The largest absolute Gasteiger partial charge is 0.453 e. The zero-order valence-electron chi connectivity index (χ0n) is 14.2. The van der Waals surface area contributed by atoms with Crippen molar-refractivity contribution in [3.63, 3.8) is 0 Å². The number of rotatable bonds is 3. The molecule has 0 saturated heterocycles. The molecule has 1 heterocycles. The van der Waals surface area contributed by atoms with Crippen LogP contribution in [0.5, 0.6) is 11.5 Å². The van der Waals surface area contributed by atoms with Gasteiger partial charge in [0.1, 0.15) is 5.75 Å². The van der Waals surface area contributed by atoms with Gasteiger partial charge in [-0.1, -0.05) is 0 Å². The smallest absolute Gasteiger partial charge is 0.272 e. The first kappa shape index (κ1) is 18.3. The molecule has 26 heavy (non-hydrogen) atoms. The molecule has 0 aromatic heterocycles. The Hall–Kier alpha value is -2.48. The van der Waals surface area contributed by atoms with E-state index in [0.717, 1.165) is 23.7 Å². The summed E-state index contributed by atoms with van der Waals surface area (Å²) in [6, 6.07) is 6.87. The van der Waals surface area contributed by atoms with E-state index in [4.69, 9.17) is 4.74 Å². The summed E-state index contributed by atoms with van der Waals surface area (Å²) in [6.07, 6.45) is 1.42. The van der Waals surface area contributed by atoms with Crippen molar-refractivity contribution in [3.8, 4) is 11.5 Å². The number of nitro groups is 1. The Kier molecular flexibility index (Phi) is 4.95. The number of carbonyl (C=O) groups is 1. The molecule has 3 rings (SSSR count). The van der Waals surface area contributed by atoms with E-state index in [-0.39, 0.29) is 23.4 Å². The van der Waals surface area contributed by atoms with E-state index in [0.29, 0.717) is 16.6 Å². The lowest BCUT2D eigenvalue weighted by Gasteiger charge is -2.35. The number of hydrogen-bond donors (Lipinski definition) is 0. The van der Waals surface area contributed by atoms with Crippen molar-refractivity contribution in [2.75, 3.05) is 4.90 Å². The number of hydrogen-bond acceptors (Lipinski definition) is 4. The summed E-state index contributed by atoms with van der Waals surface area (Å²) >= 11 is 3.41. The van der Waals surface area contributed by atoms with Crippen molar-refractivity contribution in [1.82, 2.24) is 0 Å². The van der Waals surface area contributed by atoms with Gasteiger partial charge in [-0.2, -0.15) is 0 Å². The predicted octanol–water partition coefficient (Wildman–Crippen LogP) is 4.98. The number of halogens is 2. The first-order valence-electron chi connectivity index (χ1n) is 8.02. The Balaban J connectivity index is 2.04. The number of benzene rings is 2. The molecule has 6 nitrogen and oxygen atoms in total. The molecule has 1 amide bonds. The summed E-state index contributed by atoms with van der Waals surface area (Å²) < 4.78 is 20.6. The number of fused-ring (bicyclic) bond motifs is 1. The van der Waals surface area contributed by atoms with Gasteiger partial charge in [0.25, 0.3) is 5.69 Å². The van der Waals surface area contributed by atoms with Crippen molar-refractivity contribution in [1.29, 1.82) is 0 Å². The van der Waals surface area contributed by atoms with Gasteiger partial charge in [-0.15, -0.1) is 0 Å². The van der Waals surface area contributed by atoms with Crippen LogP contribution in [-0.2, 0) is 11.2 Å². The van der Waals surface area contributed by atoms with Crippen LogP contribution in [0.15, 0.2) is 34.8 Å². The maximum Gasteiger partial charge on any atom is 0.272 e. The average molecular weight is 423 g/mol. The first-order valence-corrected chi connectivity index (χ1v) is 8.82. The summed E-state index contributed by atoms with van der Waals surface area (Å²) in [6.45, 7) is 3.48. The standard InChI is InChI=1S/C18H16BrFN2O4/c1-10-3-5-13-16(21(10)11(2)23)7-6-14(19)18(13)26-17-8-4-12(22(24)25)9-15(17)20/h4,6-10H,3,5H2,1-2H3/t10-/m0/s1. The normalized spacial score (nSPS) is 16.2. The number of non-ortho nitro benzene ring substituents is 1. The average Bonchev–Trinajstić information content (AvgIpc) is 2.58. The highest BCUT2D eigenvalue weighted by atomic mass is 79.9. The molecule has 2 aromatic rings. The lowest BCUT2D eigenvalue weighted by Crippen LogP contribution is -2.40. The van der Waals surface area contributed by atoms with E-state index in [9.17, 15) is 19.3 Å². The van der Waals surface area contributed by atoms with Crippen LogP contribution in [0.2, 0.25) is 0 Å². The number of nitro benzene ring substituents is 1. The van der Waals surface area contributed by atoms with Crippen LogP contribution in [0.3, 0.4) is 0 Å². The molecule has 136 valence electrons. The van der Waals surface area contributed by atoms with Gasteiger partial charge in [0.2, 0.25) is 5.91 Å². The van der Waals surface area contributed by atoms with Crippen molar-refractivity contribution in [2.45, 2.75) is 32.7 Å². The number of amides is 1. The monoisotopic (exact) mass is 422 g/mol. The molecule has 1 aliphatic rings. The molecular formula is C18H16BrFN2O4. The fourth-order valence-electron chi connectivity index (χ4n) is 3.16. The van der Waals surface area contributed by atoms with Gasteiger partial charge in [-0.05, 0) is 53.9 Å². The Morgan fingerprint density at radius 1 is 1.38 bits per heavy atom. The summed E-state index contributed by atoms with van der Waals surface area (Å²) in [5, 5.41) is 10.8. The van der Waals surface area contributed by atoms with E-state index >= 15 is 0 Å². The minimum atomic E-state index is -0.823.